The second-order valence-electron chi connectivity index (χ2n) is 5.49. The monoisotopic (exact) mass is 257 g/mol. The van der Waals surface area contributed by atoms with Crippen LogP contribution in [0.1, 0.15) is 42.4 Å². The van der Waals surface area contributed by atoms with Crippen molar-refractivity contribution in [3.8, 4) is 0 Å². The van der Waals surface area contributed by atoms with Gasteiger partial charge in [-0.1, -0.05) is 31.2 Å². The van der Waals surface area contributed by atoms with E-state index in [-0.39, 0.29) is 5.54 Å². The van der Waals surface area contributed by atoms with E-state index >= 15 is 0 Å². The molecule has 2 unspecified atom stereocenters. The number of hydrogen-bond donors (Lipinski definition) is 1. The summed E-state index contributed by atoms with van der Waals surface area (Å²) in [6.45, 7) is 2.31. The van der Waals surface area contributed by atoms with Gasteiger partial charge in [0, 0.05) is 5.54 Å². The number of rotatable bonds is 2. The van der Waals surface area contributed by atoms with Gasteiger partial charge in [-0.25, -0.2) is 0 Å². The van der Waals surface area contributed by atoms with Crippen molar-refractivity contribution < 1.29 is 0 Å². The summed E-state index contributed by atoms with van der Waals surface area (Å²) in [5, 5.41) is 4.35. The number of hydrogen-bond acceptors (Lipinski definition) is 2. The minimum atomic E-state index is -0.176. The van der Waals surface area contributed by atoms with Crippen LogP contribution in [0.25, 0.3) is 0 Å². The molecular weight excluding hydrogens is 238 g/mol. The molecule has 1 aliphatic carbocycles. The molecule has 2 heteroatoms. The zero-order valence-corrected chi connectivity index (χ0v) is 11.5. The van der Waals surface area contributed by atoms with Crippen LogP contribution in [0.5, 0.6) is 0 Å². The van der Waals surface area contributed by atoms with E-state index in [4.69, 9.17) is 5.73 Å². The molecule has 0 amide bonds. The lowest BCUT2D eigenvalue weighted by atomic mass is 9.70. The first-order chi connectivity index (χ1) is 8.69. The molecule has 2 aromatic rings. The van der Waals surface area contributed by atoms with Gasteiger partial charge in [0.25, 0.3) is 0 Å². The Morgan fingerprint density at radius 2 is 2.17 bits per heavy atom. The van der Waals surface area contributed by atoms with E-state index in [0.717, 1.165) is 12.8 Å². The summed E-state index contributed by atoms with van der Waals surface area (Å²) in [6, 6.07) is 10.9. The molecule has 0 radical (unpaired) electrons. The van der Waals surface area contributed by atoms with E-state index in [1.165, 1.54) is 23.1 Å². The van der Waals surface area contributed by atoms with Crippen LogP contribution < -0.4 is 5.73 Å². The van der Waals surface area contributed by atoms with Gasteiger partial charge in [0.15, 0.2) is 0 Å². The molecule has 18 heavy (non-hydrogen) atoms. The number of thiophene rings is 1. The third-order valence-corrected chi connectivity index (χ3v) is 4.88. The molecular formula is C16H19NS. The molecule has 0 saturated heterocycles. The molecule has 0 saturated carbocycles. The van der Waals surface area contributed by atoms with Gasteiger partial charge in [-0.05, 0) is 58.7 Å². The summed E-state index contributed by atoms with van der Waals surface area (Å²) in [5.41, 5.74) is 10.7. The highest BCUT2D eigenvalue weighted by molar-refractivity contribution is 7.07. The summed E-state index contributed by atoms with van der Waals surface area (Å²) in [7, 11) is 0. The molecule has 0 aliphatic heterocycles. The van der Waals surface area contributed by atoms with Gasteiger partial charge in [0.2, 0.25) is 0 Å². The van der Waals surface area contributed by atoms with E-state index in [2.05, 4.69) is 48.0 Å². The Balaban J connectivity index is 2.00. The topological polar surface area (TPSA) is 26.0 Å². The molecule has 2 atom stereocenters. The largest absolute Gasteiger partial charge is 0.321 e. The minimum absolute atomic E-state index is 0.176. The van der Waals surface area contributed by atoms with Crippen molar-refractivity contribution in [2.24, 2.45) is 5.73 Å². The quantitative estimate of drug-likeness (QED) is 0.863. The van der Waals surface area contributed by atoms with Gasteiger partial charge in [-0.2, -0.15) is 11.3 Å². The highest BCUT2D eigenvalue weighted by Crippen LogP contribution is 2.41. The zero-order valence-electron chi connectivity index (χ0n) is 10.7. The molecule has 1 aromatic carbocycles. The van der Waals surface area contributed by atoms with Crippen LogP contribution in [0, 0.1) is 0 Å². The van der Waals surface area contributed by atoms with E-state index in [9.17, 15) is 0 Å². The fourth-order valence-corrected chi connectivity index (χ4v) is 3.75. The lowest BCUT2D eigenvalue weighted by Crippen LogP contribution is -2.42. The number of nitrogens with two attached hydrogens (primary N) is 1. The van der Waals surface area contributed by atoms with Crippen molar-refractivity contribution in [2.75, 3.05) is 0 Å². The zero-order chi connectivity index (χ0) is 12.6. The lowest BCUT2D eigenvalue weighted by molar-refractivity contribution is 0.349. The van der Waals surface area contributed by atoms with Gasteiger partial charge >= 0.3 is 0 Å². The van der Waals surface area contributed by atoms with Crippen LogP contribution in [-0.2, 0) is 12.0 Å². The maximum absolute atomic E-state index is 6.73. The second kappa shape index (κ2) is 4.52. The van der Waals surface area contributed by atoms with Crippen molar-refractivity contribution >= 4 is 11.3 Å². The summed E-state index contributed by atoms with van der Waals surface area (Å²) in [4.78, 5) is 0. The van der Waals surface area contributed by atoms with Crippen molar-refractivity contribution in [1.82, 2.24) is 0 Å². The van der Waals surface area contributed by atoms with Crippen molar-refractivity contribution in [3.63, 3.8) is 0 Å². The lowest BCUT2D eigenvalue weighted by Gasteiger charge is -2.38. The van der Waals surface area contributed by atoms with E-state index in [1.54, 1.807) is 11.3 Å². The Morgan fingerprint density at radius 1 is 1.33 bits per heavy atom. The van der Waals surface area contributed by atoms with E-state index < -0.39 is 0 Å². The van der Waals surface area contributed by atoms with Crippen molar-refractivity contribution in [1.29, 1.82) is 0 Å². The van der Waals surface area contributed by atoms with Crippen LogP contribution in [0.2, 0.25) is 0 Å². The average Bonchev–Trinajstić information content (AvgIpc) is 2.87. The van der Waals surface area contributed by atoms with Gasteiger partial charge < -0.3 is 5.73 Å². The standard InChI is InChI=1S/C16H19NS/c1-12-6-8-16(17,10-13-7-9-18-11-13)15-5-3-2-4-14(12)15/h2-5,7,9,11-12H,6,8,10,17H2,1H3. The number of fused-ring (bicyclic) bond motifs is 1. The van der Waals surface area contributed by atoms with Crippen molar-refractivity contribution in [2.45, 2.75) is 37.6 Å². The Labute approximate surface area is 113 Å². The SMILES string of the molecule is CC1CCC(N)(Cc2ccsc2)c2ccccc21. The smallest absolute Gasteiger partial charge is 0.0453 e. The maximum atomic E-state index is 6.73. The van der Waals surface area contributed by atoms with E-state index in [1.807, 2.05) is 0 Å². The number of benzene rings is 1. The molecule has 1 nitrogen and oxygen atoms in total. The van der Waals surface area contributed by atoms with Crippen LogP contribution in [-0.4, -0.2) is 0 Å². The van der Waals surface area contributed by atoms with Gasteiger partial charge in [0.05, 0.1) is 0 Å². The molecule has 0 bridgehead atoms. The van der Waals surface area contributed by atoms with Gasteiger partial charge in [-0.15, -0.1) is 0 Å². The first-order valence-electron chi connectivity index (χ1n) is 6.58. The summed E-state index contributed by atoms with van der Waals surface area (Å²) < 4.78 is 0. The fourth-order valence-electron chi connectivity index (χ4n) is 3.09. The maximum Gasteiger partial charge on any atom is 0.0453 e. The van der Waals surface area contributed by atoms with Crippen LogP contribution >= 0.6 is 11.3 Å². The normalized spacial score (nSPS) is 26.9. The predicted octanol–water partition coefficient (Wildman–Crippen LogP) is 4.04. The Kier molecular flexibility index (Phi) is 3.00. The van der Waals surface area contributed by atoms with Gasteiger partial charge in [-0.3, -0.25) is 0 Å². The van der Waals surface area contributed by atoms with Crippen LogP contribution in [0.15, 0.2) is 41.1 Å². The van der Waals surface area contributed by atoms with Crippen molar-refractivity contribution in [3.05, 3.63) is 57.8 Å². The average molecular weight is 257 g/mol. The Morgan fingerprint density at radius 3 is 2.94 bits per heavy atom. The molecule has 2 N–H and O–H groups in total. The highest BCUT2D eigenvalue weighted by atomic mass is 32.1. The minimum Gasteiger partial charge on any atom is -0.321 e. The second-order valence-corrected chi connectivity index (χ2v) is 6.27. The van der Waals surface area contributed by atoms with Gasteiger partial charge in [0.1, 0.15) is 0 Å². The fraction of sp³-hybridized carbons (Fsp3) is 0.375. The van der Waals surface area contributed by atoms with Crippen LogP contribution in [0.4, 0.5) is 0 Å². The Bertz CT molecular complexity index is 532. The molecule has 94 valence electrons. The first kappa shape index (κ1) is 11.9. The molecule has 3 rings (SSSR count). The molecule has 1 aromatic heterocycles. The summed E-state index contributed by atoms with van der Waals surface area (Å²) in [5.74, 6) is 0.639. The third kappa shape index (κ3) is 2.00. The first-order valence-corrected chi connectivity index (χ1v) is 7.53. The predicted molar refractivity (Wildman–Crippen MR) is 78.0 cm³/mol. The summed E-state index contributed by atoms with van der Waals surface area (Å²) >= 11 is 1.75. The third-order valence-electron chi connectivity index (χ3n) is 4.15. The Hall–Kier alpha value is -1.12. The highest BCUT2D eigenvalue weighted by Gasteiger charge is 2.35. The molecule has 0 fully saturated rings. The van der Waals surface area contributed by atoms with E-state index in [0.29, 0.717) is 5.92 Å². The molecule has 1 heterocycles. The molecule has 0 spiro atoms. The summed E-state index contributed by atoms with van der Waals surface area (Å²) in [6.07, 6.45) is 3.24. The van der Waals surface area contributed by atoms with Crippen LogP contribution in [0.3, 0.4) is 0 Å². The molecule has 1 aliphatic rings.